The summed E-state index contributed by atoms with van der Waals surface area (Å²) < 4.78 is 0. The zero-order valence-electron chi connectivity index (χ0n) is 10.8. The average molecular weight is 250 g/mol. The Morgan fingerprint density at radius 3 is 1.50 bits per heavy atom. The maximum atomic E-state index is 3.24. The Balaban J connectivity index is 2.12. The molecule has 4 radical (unpaired) electrons. The summed E-state index contributed by atoms with van der Waals surface area (Å²) in [6.07, 6.45) is 0. The lowest BCUT2D eigenvalue weighted by atomic mass is 9.94. The Labute approximate surface area is 118 Å². The summed E-state index contributed by atoms with van der Waals surface area (Å²) in [6.45, 7) is 0. The first kappa shape index (κ1) is 11.2. The number of benzene rings is 4. The smallest absolute Gasteiger partial charge is 0.000696 e. The van der Waals surface area contributed by atoms with Crippen LogP contribution in [0.15, 0.2) is 60.7 Å². The molecular formula is C20H10. The maximum absolute atomic E-state index is 3.24. The fourth-order valence-electron chi connectivity index (χ4n) is 2.60. The zero-order valence-corrected chi connectivity index (χ0v) is 10.8. The SMILES string of the molecule is [c]1[c]c(-c2[c][c]cc3ccccc23)c2ccccc2c1. The lowest BCUT2D eigenvalue weighted by molar-refractivity contribution is 1.65. The van der Waals surface area contributed by atoms with Crippen LogP contribution in [-0.2, 0) is 0 Å². The quantitative estimate of drug-likeness (QED) is 0.452. The first-order valence-electron chi connectivity index (χ1n) is 6.56. The van der Waals surface area contributed by atoms with Crippen molar-refractivity contribution in [3.05, 3.63) is 84.9 Å². The van der Waals surface area contributed by atoms with Gasteiger partial charge in [-0.1, -0.05) is 48.5 Å². The average Bonchev–Trinajstić information content (AvgIpc) is 2.54. The Kier molecular flexibility index (Phi) is 2.53. The topological polar surface area (TPSA) is 0 Å². The van der Waals surface area contributed by atoms with Crippen molar-refractivity contribution >= 4 is 21.5 Å². The molecule has 4 aromatic rings. The minimum absolute atomic E-state index is 1.04. The van der Waals surface area contributed by atoms with Crippen LogP contribution in [0.2, 0.25) is 0 Å². The predicted octanol–water partition coefficient (Wildman–Crippen LogP) is 4.86. The molecule has 0 saturated heterocycles. The van der Waals surface area contributed by atoms with Gasteiger partial charge >= 0.3 is 0 Å². The number of rotatable bonds is 1. The summed E-state index contributed by atoms with van der Waals surface area (Å²) in [6, 6.07) is 33.2. The van der Waals surface area contributed by atoms with Crippen LogP contribution in [-0.4, -0.2) is 0 Å². The third-order valence-corrected chi connectivity index (χ3v) is 3.56. The molecule has 0 amide bonds. The second-order valence-corrected chi connectivity index (χ2v) is 4.75. The van der Waals surface area contributed by atoms with Gasteiger partial charge < -0.3 is 0 Å². The van der Waals surface area contributed by atoms with Gasteiger partial charge in [-0.05, 0) is 69.1 Å². The molecule has 0 atom stereocenters. The highest BCUT2D eigenvalue weighted by Gasteiger charge is 2.07. The summed E-state index contributed by atoms with van der Waals surface area (Å²) in [4.78, 5) is 0. The van der Waals surface area contributed by atoms with Crippen molar-refractivity contribution in [1.29, 1.82) is 0 Å². The Bertz CT molecular complexity index is 816. The van der Waals surface area contributed by atoms with E-state index in [1.807, 2.05) is 24.3 Å². The monoisotopic (exact) mass is 250 g/mol. The predicted molar refractivity (Wildman–Crippen MR) is 82.2 cm³/mol. The van der Waals surface area contributed by atoms with E-state index in [0.717, 1.165) is 11.1 Å². The molecule has 0 aliphatic heterocycles. The van der Waals surface area contributed by atoms with Crippen LogP contribution in [0, 0.1) is 24.3 Å². The molecule has 0 heteroatoms. The summed E-state index contributed by atoms with van der Waals surface area (Å²) in [5.74, 6) is 0. The van der Waals surface area contributed by atoms with Gasteiger partial charge in [0.1, 0.15) is 0 Å². The van der Waals surface area contributed by atoms with Crippen LogP contribution in [0.25, 0.3) is 32.7 Å². The minimum Gasteiger partial charge on any atom is -0.0616 e. The van der Waals surface area contributed by atoms with E-state index in [-0.39, 0.29) is 0 Å². The van der Waals surface area contributed by atoms with Crippen molar-refractivity contribution in [2.45, 2.75) is 0 Å². The fourth-order valence-corrected chi connectivity index (χ4v) is 2.60. The van der Waals surface area contributed by atoms with E-state index < -0.39 is 0 Å². The van der Waals surface area contributed by atoms with Gasteiger partial charge in [0.05, 0.1) is 0 Å². The van der Waals surface area contributed by atoms with E-state index in [4.69, 9.17) is 0 Å². The van der Waals surface area contributed by atoms with Crippen molar-refractivity contribution in [2.75, 3.05) is 0 Å². The fraction of sp³-hybridized carbons (Fsp3) is 0. The van der Waals surface area contributed by atoms with Crippen LogP contribution >= 0.6 is 0 Å². The normalized spacial score (nSPS) is 11.0. The van der Waals surface area contributed by atoms with E-state index in [0.29, 0.717) is 0 Å². The van der Waals surface area contributed by atoms with E-state index in [9.17, 15) is 0 Å². The van der Waals surface area contributed by atoms with Gasteiger partial charge in [-0.15, -0.1) is 0 Å². The summed E-state index contributed by atoms with van der Waals surface area (Å²) in [5, 5.41) is 4.68. The maximum Gasteiger partial charge on any atom is -0.000696 e. The van der Waals surface area contributed by atoms with Gasteiger partial charge in [-0.3, -0.25) is 0 Å². The molecule has 20 heavy (non-hydrogen) atoms. The molecule has 90 valence electrons. The molecule has 0 nitrogen and oxygen atoms in total. The third kappa shape index (κ3) is 1.70. The van der Waals surface area contributed by atoms with Crippen LogP contribution < -0.4 is 0 Å². The van der Waals surface area contributed by atoms with Crippen molar-refractivity contribution in [2.24, 2.45) is 0 Å². The number of hydrogen-bond donors (Lipinski definition) is 0. The van der Waals surface area contributed by atoms with E-state index in [1.54, 1.807) is 0 Å². The first-order chi connectivity index (χ1) is 9.93. The first-order valence-corrected chi connectivity index (χ1v) is 6.56. The Morgan fingerprint density at radius 1 is 0.550 bits per heavy atom. The van der Waals surface area contributed by atoms with Gasteiger partial charge in [0, 0.05) is 0 Å². The van der Waals surface area contributed by atoms with Crippen molar-refractivity contribution in [1.82, 2.24) is 0 Å². The van der Waals surface area contributed by atoms with Crippen molar-refractivity contribution in [3.63, 3.8) is 0 Å². The van der Waals surface area contributed by atoms with E-state index >= 15 is 0 Å². The second-order valence-electron chi connectivity index (χ2n) is 4.75. The molecular weight excluding hydrogens is 240 g/mol. The highest BCUT2D eigenvalue weighted by Crippen LogP contribution is 2.32. The molecule has 0 fully saturated rings. The molecule has 4 rings (SSSR count). The van der Waals surface area contributed by atoms with Crippen LogP contribution in [0.5, 0.6) is 0 Å². The Hall–Kier alpha value is -2.60. The van der Waals surface area contributed by atoms with Crippen molar-refractivity contribution in [3.8, 4) is 11.1 Å². The van der Waals surface area contributed by atoms with Gasteiger partial charge in [-0.25, -0.2) is 0 Å². The Morgan fingerprint density at radius 2 is 1.00 bits per heavy atom. The van der Waals surface area contributed by atoms with Crippen LogP contribution in [0.1, 0.15) is 0 Å². The third-order valence-electron chi connectivity index (χ3n) is 3.56. The lowest BCUT2D eigenvalue weighted by Gasteiger charge is -2.09. The van der Waals surface area contributed by atoms with Gasteiger partial charge in [0.25, 0.3) is 0 Å². The molecule has 4 aromatic carbocycles. The largest absolute Gasteiger partial charge is 0.0616 e. The molecule has 0 aromatic heterocycles. The van der Waals surface area contributed by atoms with Gasteiger partial charge in [0.15, 0.2) is 0 Å². The standard InChI is InChI=1S/C20H10/c1-3-11-17-15(7-1)9-5-13-19(17)20-14-6-10-16-8-2-4-12-18(16)20/h1-4,7-12H. The lowest BCUT2D eigenvalue weighted by Crippen LogP contribution is -1.84. The summed E-state index contributed by atoms with van der Waals surface area (Å²) >= 11 is 0. The molecule has 0 saturated carbocycles. The number of hydrogen-bond acceptors (Lipinski definition) is 0. The second kappa shape index (κ2) is 4.50. The summed E-state index contributed by atoms with van der Waals surface area (Å²) in [7, 11) is 0. The highest BCUT2D eigenvalue weighted by molar-refractivity contribution is 6.04. The molecule has 0 heterocycles. The molecule has 0 N–H and O–H groups in total. The molecule has 0 aliphatic rings. The highest BCUT2D eigenvalue weighted by atomic mass is 14.1. The van der Waals surface area contributed by atoms with E-state index in [2.05, 4.69) is 60.7 Å². The van der Waals surface area contributed by atoms with E-state index in [1.165, 1.54) is 21.5 Å². The molecule has 0 spiro atoms. The molecule has 0 bridgehead atoms. The van der Waals surface area contributed by atoms with Gasteiger partial charge in [-0.2, -0.15) is 0 Å². The van der Waals surface area contributed by atoms with Crippen molar-refractivity contribution < 1.29 is 0 Å². The van der Waals surface area contributed by atoms with Crippen LogP contribution in [0.4, 0.5) is 0 Å². The molecule has 0 unspecified atom stereocenters. The molecule has 0 aliphatic carbocycles. The summed E-state index contributed by atoms with van der Waals surface area (Å²) in [5.41, 5.74) is 2.08. The minimum atomic E-state index is 1.04. The zero-order chi connectivity index (χ0) is 13.4. The van der Waals surface area contributed by atoms with Crippen LogP contribution in [0.3, 0.4) is 0 Å². The van der Waals surface area contributed by atoms with Gasteiger partial charge in [0.2, 0.25) is 0 Å². The number of fused-ring (bicyclic) bond motifs is 2.